The Balaban J connectivity index is 3.23. The van der Waals surface area contributed by atoms with E-state index in [1.165, 1.54) is 32.3 Å². The lowest BCUT2D eigenvalue weighted by Crippen LogP contribution is -2.02. The zero-order valence-electron chi connectivity index (χ0n) is 8.87. The minimum atomic E-state index is -0.499. The van der Waals surface area contributed by atoms with E-state index >= 15 is 0 Å². The van der Waals surface area contributed by atoms with Crippen LogP contribution < -0.4 is 10.4 Å². The number of hydrogen-bond donors (Lipinski definition) is 0. The standard InChI is InChI=1S/C11H12O4/c1-7(12)4-5-9-8(2)10(14-3)6-11(13)15-9/h4-6H,1-3H3/b5-4+. The maximum Gasteiger partial charge on any atom is 0.339 e. The van der Waals surface area contributed by atoms with E-state index in [9.17, 15) is 9.59 Å². The van der Waals surface area contributed by atoms with Crippen LogP contribution in [-0.4, -0.2) is 12.9 Å². The van der Waals surface area contributed by atoms with Gasteiger partial charge < -0.3 is 9.15 Å². The monoisotopic (exact) mass is 208 g/mol. The van der Waals surface area contributed by atoms with Gasteiger partial charge in [-0.2, -0.15) is 0 Å². The molecule has 0 radical (unpaired) electrons. The summed E-state index contributed by atoms with van der Waals surface area (Å²) in [7, 11) is 1.47. The first-order valence-corrected chi connectivity index (χ1v) is 4.42. The van der Waals surface area contributed by atoms with Crippen molar-refractivity contribution in [3.63, 3.8) is 0 Å². The first-order chi connectivity index (χ1) is 7.04. The summed E-state index contributed by atoms with van der Waals surface area (Å²) in [5.41, 5.74) is 0.190. The molecule has 0 N–H and O–H groups in total. The Morgan fingerprint density at radius 2 is 2.20 bits per heavy atom. The van der Waals surface area contributed by atoms with E-state index in [-0.39, 0.29) is 5.78 Å². The number of methoxy groups -OCH3 is 1. The van der Waals surface area contributed by atoms with E-state index in [0.29, 0.717) is 17.1 Å². The van der Waals surface area contributed by atoms with Gasteiger partial charge in [-0.25, -0.2) is 4.79 Å². The van der Waals surface area contributed by atoms with Crippen molar-refractivity contribution in [2.24, 2.45) is 0 Å². The smallest absolute Gasteiger partial charge is 0.339 e. The first kappa shape index (κ1) is 11.2. The summed E-state index contributed by atoms with van der Waals surface area (Å²) in [5, 5.41) is 0. The average molecular weight is 208 g/mol. The number of ether oxygens (including phenoxy) is 1. The van der Waals surface area contributed by atoms with Crippen LogP contribution in [0, 0.1) is 6.92 Å². The fraction of sp³-hybridized carbons (Fsp3) is 0.273. The van der Waals surface area contributed by atoms with Crippen LogP contribution >= 0.6 is 0 Å². The van der Waals surface area contributed by atoms with Crippen LogP contribution in [0.1, 0.15) is 18.2 Å². The van der Waals surface area contributed by atoms with Crippen molar-refractivity contribution >= 4 is 11.9 Å². The van der Waals surface area contributed by atoms with Crippen molar-refractivity contribution < 1.29 is 13.9 Å². The van der Waals surface area contributed by atoms with E-state index in [4.69, 9.17) is 9.15 Å². The third-order valence-electron chi connectivity index (χ3n) is 1.89. The molecule has 1 aromatic heterocycles. The summed E-state index contributed by atoms with van der Waals surface area (Å²) in [6, 6.07) is 1.26. The number of rotatable bonds is 3. The Hall–Kier alpha value is -1.84. The van der Waals surface area contributed by atoms with Gasteiger partial charge in [0.2, 0.25) is 0 Å². The van der Waals surface area contributed by atoms with Gasteiger partial charge in [0.15, 0.2) is 5.78 Å². The molecule has 0 unspecified atom stereocenters. The van der Waals surface area contributed by atoms with Crippen molar-refractivity contribution in [1.82, 2.24) is 0 Å². The molecule has 0 bridgehead atoms. The third kappa shape index (κ3) is 2.80. The maximum absolute atomic E-state index is 11.1. The Morgan fingerprint density at radius 3 is 2.73 bits per heavy atom. The molecule has 0 spiro atoms. The highest BCUT2D eigenvalue weighted by molar-refractivity contribution is 5.91. The molecular weight excluding hydrogens is 196 g/mol. The van der Waals surface area contributed by atoms with Crippen molar-refractivity contribution in [1.29, 1.82) is 0 Å². The Kier molecular flexibility index (Phi) is 3.44. The van der Waals surface area contributed by atoms with E-state index in [0.717, 1.165) is 0 Å². The van der Waals surface area contributed by atoms with Crippen LogP contribution in [0.3, 0.4) is 0 Å². The fourth-order valence-electron chi connectivity index (χ4n) is 1.12. The fourth-order valence-corrected chi connectivity index (χ4v) is 1.12. The molecule has 4 nitrogen and oxygen atoms in total. The summed E-state index contributed by atoms with van der Waals surface area (Å²) in [5.74, 6) is 0.684. The van der Waals surface area contributed by atoms with E-state index in [2.05, 4.69) is 0 Å². The Bertz CT molecular complexity index is 454. The van der Waals surface area contributed by atoms with Gasteiger partial charge in [0.1, 0.15) is 11.5 Å². The summed E-state index contributed by atoms with van der Waals surface area (Å²) in [6.07, 6.45) is 2.80. The lowest BCUT2D eigenvalue weighted by molar-refractivity contribution is -0.112. The molecule has 0 saturated carbocycles. The maximum atomic E-state index is 11.1. The van der Waals surface area contributed by atoms with Gasteiger partial charge in [0.05, 0.1) is 13.2 Å². The predicted molar refractivity (Wildman–Crippen MR) is 56.0 cm³/mol. The van der Waals surface area contributed by atoms with Crippen LogP contribution in [0.15, 0.2) is 21.4 Å². The number of hydrogen-bond acceptors (Lipinski definition) is 4. The summed E-state index contributed by atoms with van der Waals surface area (Å²) in [6.45, 7) is 3.17. The molecule has 1 rings (SSSR count). The van der Waals surface area contributed by atoms with Crippen molar-refractivity contribution in [3.8, 4) is 5.75 Å². The van der Waals surface area contributed by atoms with Crippen LogP contribution in [0.2, 0.25) is 0 Å². The average Bonchev–Trinajstić information content (AvgIpc) is 2.18. The van der Waals surface area contributed by atoms with Crippen molar-refractivity contribution in [2.75, 3.05) is 7.11 Å². The van der Waals surface area contributed by atoms with Gasteiger partial charge in [-0.15, -0.1) is 0 Å². The molecule has 4 heteroatoms. The Morgan fingerprint density at radius 1 is 1.53 bits per heavy atom. The molecule has 0 saturated heterocycles. The van der Waals surface area contributed by atoms with Crippen LogP contribution in [0.4, 0.5) is 0 Å². The normalized spacial score (nSPS) is 10.6. The topological polar surface area (TPSA) is 56.5 Å². The zero-order valence-corrected chi connectivity index (χ0v) is 8.87. The highest BCUT2D eigenvalue weighted by atomic mass is 16.5. The molecule has 0 aliphatic carbocycles. The molecular formula is C11H12O4. The van der Waals surface area contributed by atoms with Gasteiger partial charge in [0, 0.05) is 5.56 Å². The summed E-state index contributed by atoms with van der Waals surface area (Å²) in [4.78, 5) is 21.8. The highest BCUT2D eigenvalue weighted by Gasteiger charge is 2.06. The van der Waals surface area contributed by atoms with Crippen molar-refractivity contribution in [3.05, 3.63) is 33.9 Å². The second-order valence-corrected chi connectivity index (χ2v) is 3.07. The largest absolute Gasteiger partial charge is 0.496 e. The number of carbonyl (C=O) groups is 1. The van der Waals surface area contributed by atoms with E-state index in [1.54, 1.807) is 6.92 Å². The molecule has 15 heavy (non-hydrogen) atoms. The minimum Gasteiger partial charge on any atom is -0.496 e. The second kappa shape index (κ2) is 4.59. The van der Waals surface area contributed by atoms with Gasteiger partial charge in [-0.05, 0) is 26.0 Å². The number of carbonyl (C=O) groups excluding carboxylic acids is 1. The lowest BCUT2D eigenvalue weighted by atomic mass is 10.2. The van der Waals surface area contributed by atoms with Gasteiger partial charge in [-0.3, -0.25) is 4.79 Å². The number of allylic oxidation sites excluding steroid dienone is 1. The summed E-state index contributed by atoms with van der Waals surface area (Å²) >= 11 is 0. The van der Waals surface area contributed by atoms with Gasteiger partial charge in [-0.1, -0.05) is 0 Å². The Labute approximate surface area is 87.2 Å². The second-order valence-electron chi connectivity index (χ2n) is 3.07. The van der Waals surface area contributed by atoms with E-state index in [1.807, 2.05) is 0 Å². The minimum absolute atomic E-state index is 0.111. The van der Waals surface area contributed by atoms with Crippen LogP contribution in [0.5, 0.6) is 5.75 Å². The molecule has 0 aliphatic rings. The quantitative estimate of drug-likeness (QED) is 0.707. The highest BCUT2D eigenvalue weighted by Crippen LogP contribution is 2.19. The number of ketones is 1. The summed E-state index contributed by atoms with van der Waals surface area (Å²) < 4.78 is 9.92. The third-order valence-corrected chi connectivity index (χ3v) is 1.89. The molecule has 0 aliphatic heterocycles. The van der Waals surface area contributed by atoms with Crippen molar-refractivity contribution in [2.45, 2.75) is 13.8 Å². The van der Waals surface area contributed by atoms with Crippen LogP contribution in [0.25, 0.3) is 6.08 Å². The zero-order chi connectivity index (χ0) is 11.4. The molecule has 1 aromatic rings. The van der Waals surface area contributed by atoms with Crippen LogP contribution in [-0.2, 0) is 4.79 Å². The van der Waals surface area contributed by atoms with Gasteiger partial charge in [0.25, 0.3) is 0 Å². The molecule has 1 heterocycles. The molecule has 80 valence electrons. The van der Waals surface area contributed by atoms with E-state index < -0.39 is 5.63 Å². The first-order valence-electron chi connectivity index (χ1n) is 4.42. The predicted octanol–water partition coefficient (Wildman–Crippen LogP) is 1.56. The SMILES string of the molecule is COc1cc(=O)oc(/C=C/C(C)=O)c1C. The van der Waals surface area contributed by atoms with Gasteiger partial charge >= 0.3 is 5.63 Å². The molecule has 0 aromatic carbocycles. The molecule has 0 amide bonds. The molecule has 0 atom stereocenters. The lowest BCUT2D eigenvalue weighted by Gasteiger charge is -2.04. The molecule has 0 fully saturated rings.